The van der Waals surface area contributed by atoms with Gasteiger partial charge in [-0.1, -0.05) is 60.7 Å². The second kappa shape index (κ2) is 10.7. The number of fused-ring (bicyclic) bond motifs is 2. The fourth-order valence-electron chi connectivity index (χ4n) is 5.28. The van der Waals surface area contributed by atoms with E-state index in [-0.39, 0.29) is 29.9 Å². The van der Waals surface area contributed by atoms with Gasteiger partial charge >= 0.3 is 5.97 Å². The molecule has 6 heteroatoms. The molecule has 41 heavy (non-hydrogen) atoms. The first kappa shape index (κ1) is 26.0. The van der Waals surface area contributed by atoms with Crippen molar-refractivity contribution in [2.24, 2.45) is 0 Å². The lowest BCUT2D eigenvalue weighted by molar-refractivity contribution is 0.0696. The maximum Gasteiger partial charge on any atom is 0.335 e. The lowest BCUT2D eigenvalue weighted by atomic mass is 9.99. The van der Waals surface area contributed by atoms with E-state index < -0.39 is 5.97 Å². The minimum Gasteiger partial charge on any atom is -0.478 e. The molecule has 0 unspecified atom stereocenters. The highest BCUT2D eigenvalue weighted by atomic mass is 19.1. The summed E-state index contributed by atoms with van der Waals surface area (Å²) in [7, 11) is 0. The summed E-state index contributed by atoms with van der Waals surface area (Å²) in [4.78, 5) is 24.9. The average molecular weight is 543 g/mol. The second-order valence-corrected chi connectivity index (χ2v) is 10.2. The third kappa shape index (κ3) is 5.20. The van der Waals surface area contributed by atoms with Crippen molar-refractivity contribution >= 4 is 33.6 Å². The molecule has 0 saturated carbocycles. The van der Waals surface area contributed by atoms with Crippen molar-refractivity contribution in [3.05, 3.63) is 143 Å². The highest BCUT2D eigenvalue weighted by Crippen LogP contribution is 2.33. The van der Waals surface area contributed by atoms with Crippen LogP contribution in [0.5, 0.6) is 0 Å². The first-order valence-electron chi connectivity index (χ1n) is 13.4. The van der Waals surface area contributed by atoms with Crippen LogP contribution in [0.2, 0.25) is 0 Å². The SMILES string of the molecule is C[C@H](c1ccc2ccccc2c1)n1ccc2cc(-c3ccc(F)cc3)cc(C(=O)NCc3ccc(C(=O)O)cc3)c21. The van der Waals surface area contributed by atoms with Gasteiger partial charge in [-0.25, -0.2) is 9.18 Å². The van der Waals surface area contributed by atoms with Gasteiger partial charge in [0.25, 0.3) is 5.91 Å². The van der Waals surface area contributed by atoms with E-state index in [9.17, 15) is 19.1 Å². The van der Waals surface area contributed by atoms with Gasteiger partial charge in [0, 0.05) is 18.1 Å². The number of carboxylic acid groups (broad SMARTS) is 1. The van der Waals surface area contributed by atoms with Gasteiger partial charge in [0.05, 0.1) is 22.7 Å². The number of hydrogen-bond donors (Lipinski definition) is 2. The number of amides is 1. The van der Waals surface area contributed by atoms with Crippen LogP contribution in [0.1, 0.15) is 44.8 Å². The van der Waals surface area contributed by atoms with Crippen molar-refractivity contribution in [1.82, 2.24) is 9.88 Å². The van der Waals surface area contributed by atoms with E-state index in [4.69, 9.17) is 0 Å². The number of nitrogens with zero attached hydrogens (tertiary/aromatic N) is 1. The Balaban J connectivity index is 1.40. The third-order valence-corrected chi connectivity index (χ3v) is 7.56. The van der Waals surface area contributed by atoms with Crippen LogP contribution in [0.25, 0.3) is 32.8 Å². The van der Waals surface area contributed by atoms with Gasteiger partial charge in [0.1, 0.15) is 5.82 Å². The van der Waals surface area contributed by atoms with Crippen LogP contribution in [-0.2, 0) is 6.54 Å². The summed E-state index contributed by atoms with van der Waals surface area (Å²) in [6.07, 6.45) is 2.00. The van der Waals surface area contributed by atoms with Crippen LogP contribution >= 0.6 is 0 Å². The van der Waals surface area contributed by atoms with E-state index in [1.807, 2.05) is 36.5 Å². The maximum atomic E-state index is 13.8. The summed E-state index contributed by atoms with van der Waals surface area (Å²) in [5.41, 5.74) is 5.01. The summed E-state index contributed by atoms with van der Waals surface area (Å²) in [6.45, 7) is 2.35. The lowest BCUT2D eigenvalue weighted by Gasteiger charge is -2.19. The number of benzene rings is 5. The van der Waals surface area contributed by atoms with Crippen molar-refractivity contribution in [3.8, 4) is 11.1 Å². The molecule has 5 nitrogen and oxygen atoms in total. The summed E-state index contributed by atoms with van der Waals surface area (Å²) < 4.78 is 15.8. The van der Waals surface area contributed by atoms with Crippen LogP contribution in [0.15, 0.2) is 115 Å². The Bertz CT molecular complexity index is 1910. The van der Waals surface area contributed by atoms with Gasteiger partial charge in [-0.2, -0.15) is 0 Å². The molecule has 0 aliphatic carbocycles. The number of nitrogens with one attached hydrogen (secondary N) is 1. The van der Waals surface area contributed by atoms with E-state index in [0.717, 1.165) is 38.5 Å². The van der Waals surface area contributed by atoms with Crippen molar-refractivity contribution in [2.45, 2.75) is 19.5 Å². The van der Waals surface area contributed by atoms with E-state index >= 15 is 0 Å². The first-order valence-corrected chi connectivity index (χ1v) is 13.4. The van der Waals surface area contributed by atoms with Crippen molar-refractivity contribution in [2.75, 3.05) is 0 Å². The van der Waals surface area contributed by atoms with Crippen LogP contribution in [-0.4, -0.2) is 21.6 Å². The minimum absolute atomic E-state index is 0.0520. The van der Waals surface area contributed by atoms with E-state index in [1.165, 1.54) is 29.7 Å². The van der Waals surface area contributed by atoms with E-state index in [1.54, 1.807) is 24.3 Å². The van der Waals surface area contributed by atoms with Crippen LogP contribution in [0.4, 0.5) is 4.39 Å². The molecule has 0 radical (unpaired) electrons. The highest BCUT2D eigenvalue weighted by molar-refractivity contribution is 6.08. The smallest absolute Gasteiger partial charge is 0.335 e. The van der Waals surface area contributed by atoms with Gasteiger partial charge in [-0.05, 0) is 88.5 Å². The van der Waals surface area contributed by atoms with Gasteiger partial charge in [-0.15, -0.1) is 0 Å². The standard InChI is InChI=1S/C35H27FN2O3/c1-22(27-11-10-24-4-2-3-5-28(24)18-27)38-17-16-29-19-30(25-12-14-31(36)15-13-25)20-32(33(29)38)34(39)37-21-23-6-8-26(9-7-23)35(40)41/h2-20,22H,21H2,1H3,(H,37,39)(H,40,41)/t22-/m1/s1. The number of halogens is 1. The number of aromatic carboxylic acids is 1. The zero-order chi connectivity index (χ0) is 28.5. The Morgan fingerprint density at radius 3 is 2.27 bits per heavy atom. The maximum absolute atomic E-state index is 13.8. The van der Waals surface area contributed by atoms with Gasteiger partial charge in [-0.3, -0.25) is 4.79 Å². The molecule has 1 heterocycles. The number of hydrogen-bond acceptors (Lipinski definition) is 2. The van der Waals surface area contributed by atoms with Crippen LogP contribution < -0.4 is 5.32 Å². The fourth-order valence-corrected chi connectivity index (χ4v) is 5.28. The topological polar surface area (TPSA) is 71.3 Å². The number of carbonyl (C=O) groups excluding carboxylic acids is 1. The number of aromatic nitrogens is 1. The zero-order valence-corrected chi connectivity index (χ0v) is 22.3. The quantitative estimate of drug-likeness (QED) is 0.216. The summed E-state index contributed by atoms with van der Waals surface area (Å²) in [5.74, 6) is -1.58. The predicted molar refractivity (Wildman–Crippen MR) is 160 cm³/mol. The third-order valence-electron chi connectivity index (χ3n) is 7.56. The van der Waals surface area contributed by atoms with Crippen LogP contribution in [0.3, 0.4) is 0 Å². The molecule has 1 amide bonds. The summed E-state index contributed by atoms with van der Waals surface area (Å²) >= 11 is 0. The second-order valence-electron chi connectivity index (χ2n) is 10.2. The predicted octanol–water partition coefficient (Wildman–Crippen LogP) is 7.84. The van der Waals surface area contributed by atoms with Gasteiger partial charge in [0.2, 0.25) is 0 Å². The molecule has 2 N–H and O–H groups in total. The number of carbonyl (C=O) groups is 2. The number of rotatable bonds is 7. The molecule has 0 aliphatic heterocycles. The van der Waals surface area contributed by atoms with Gasteiger partial charge in [0.15, 0.2) is 0 Å². The molecule has 202 valence electrons. The van der Waals surface area contributed by atoms with E-state index in [2.05, 4.69) is 47.1 Å². The van der Waals surface area contributed by atoms with Crippen molar-refractivity contribution in [1.29, 1.82) is 0 Å². The van der Waals surface area contributed by atoms with E-state index in [0.29, 0.717) is 5.56 Å². The molecule has 5 aromatic carbocycles. The average Bonchev–Trinajstić information content (AvgIpc) is 3.43. The summed E-state index contributed by atoms with van der Waals surface area (Å²) in [6, 6.07) is 33.1. The fraction of sp³-hybridized carbons (Fsp3) is 0.0857. The Labute approximate surface area is 236 Å². The first-order chi connectivity index (χ1) is 19.9. The highest BCUT2D eigenvalue weighted by Gasteiger charge is 2.20. The molecule has 0 spiro atoms. The molecular formula is C35H27FN2O3. The van der Waals surface area contributed by atoms with Gasteiger partial charge < -0.3 is 15.0 Å². The molecule has 1 atom stereocenters. The Hall–Kier alpha value is -5.23. The number of carboxylic acids is 1. The lowest BCUT2D eigenvalue weighted by Crippen LogP contribution is -2.24. The normalized spacial score (nSPS) is 12.0. The Morgan fingerprint density at radius 2 is 1.54 bits per heavy atom. The molecule has 6 aromatic rings. The Kier molecular flexibility index (Phi) is 6.81. The van der Waals surface area contributed by atoms with Crippen LogP contribution in [0, 0.1) is 5.82 Å². The molecule has 0 saturated heterocycles. The van der Waals surface area contributed by atoms with Crippen molar-refractivity contribution < 1.29 is 19.1 Å². The molecule has 0 fully saturated rings. The van der Waals surface area contributed by atoms with Crippen molar-refractivity contribution in [3.63, 3.8) is 0 Å². The largest absolute Gasteiger partial charge is 0.478 e. The minimum atomic E-state index is -0.998. The monoisotopic (exact) mass is 542 g/mol. The molecule has 6 rings (SSSR count). The molecule has 0 bridgehead atoms. The zero-order valence-electron chi connectivity index (χ0n) is 22.3. The molecule has 0 aliphatic rings. The molecule has 1 aromatic heterocycles. The summed E-state index contributed by atoms with van der Waals surface area (Å²) in [5, 5.41) is 15.4. The Morgan fingerprint density at radius 1 is 0.805 bits per heavy atom. The molecular weight excluding hydrogens is 515 g/mol.